The number of hydrogen-bond donors (Lipinski definition) is 1. The van der Waals surface area contributed by atoms with Crippen LogP contribution in [0.15, 0.2) is 47.8 Å². The van der Waals surface area contributed by atoms with Crippen LogP contribution < -0.4 is 10.1 Å². The summed E-state index contributed by atoms with van der Waals surface area (Å²) < 4.78 is 5.13. The van der Waals surface area contributed by atoms with Gasteiger partial charge in [0.1, 0.15) is 16.5 Å². The number of hydrogen-bond acceptors (Lipinski definition) is 4. The maximum absolute atomic E-state index is 12.3. The van der Waals surface area contributed by atoms with Crippen LogP contribution in [0.3, 0.4) is 0 Å². The van der Waals surface area contributed by atoms with Crippen molar-refractivity contribution in [2.24, 2.45) is 0 Å². The van der Waals surface area contributed by atoms with E-state index >= 15 is 0 Å². The van der Waals surface area contributed by atoms with E-state index in [0.29, 0.717) is 12.2 Å². The van der Waals surface area contributed by atoms with Crippen molar-refractivity contribution in [2.75, 3.05) is 7.11 Å². The Kier molecular flexibility index (Phi) is 5.14. The first-order valence-corrected chi connectivity index (χ1v) is 8.89. The molecule has 0 unspecified atom stereocenters. The minimum absolute atomic E-state index is 0.164. The van der Waals surface area contributed by atoms with Crippen molar-refractivity contribution in [1.82, 2.24) is 10.3 Å². The minimum atomic E-state index is -0.164. The van der Waals surface area contributed by atoms with E-state index in [9.17, 15) is 4.79 Å². The van der Waals surface area contributed by atoms with Crippen LogP contribution in [0, 0.1) is 13.8 Å². The van der Waals surface area contributed by atoms with E-state index in [2.05, 4.69) is 42.3 Å². The van der Waals surface area contributed by atoms with Gasteiger partial charge in [0.2, 0.25) is 0 Å². The molecule has 25 heavy (non-hydrogen) atoms. The van der Waals surface area contributed by atoms with Crippen molar-refractivity contribution in [3.8, 4) is 16.3 Å². The Morgan fingerprint density at radius 3 is 2.60 bits per heavy atom. The molecule has 0 spiro atoms. The fourth-order valence-corrected chi connectivity index (χ4v) is 3.46. The first-order valence-electron chi connectivity index (χ1n) is 8.01. The number of carbonyl (C=O) groups is 1. The van der Waals surface area contributed by atoms with Crippen LogP contribution in [0.2, 0.25) is 0 Å². The number of amides is 1. The van der Waals surface area contributed by atoms with Gasteiger partial charge in [0.25, 0.3) is 5.91 Å². The molecule has 3 rings (SSSR count). The van der Waals surface area contributed by atoms with Crippen molar-refractivity contribution in [3.63, 3.8) is 0 Å². The van der Waals surface area contributed by atoms with Crippen LogP contribution in [0.4, 0.5) is 0 Å². The van der Waals surface area contributed by atoms with Crippen LogP contribution in [-0.2, 0) is 6.54 Å². The summed E-state index contributed by atoms with van der Waals surface area (Å²) in [6.07, 6.45) is 0. The van der Waals surface area contributed by atoms with Gasteiger partial charge < -0.3 is 10.1 Å². The highest BCUT2D eigenvalue weighted by Crippen LogP contribution is 2.27. The molecule has 0 aliphatic heterocycles. The fraction of sp³-hybridized carbons (Fsp3) is 0.200. The Morgan fingerprint density at radius 2 is 1.92 bits per heavy atom. The molecule has 0 aliphatic carbocycles. The molecule has 0 aliphatic rings. The topological polar surface area (TPSA) is 51.2 Å². The third-order valence-electron chi connectivity index (χ3n) is 3.96. The Balaban J connectivity index is 1.67. The van der Waals surface area contributed by atoms with Gasteiger partial charge >= 0.3 is 0 Å². The number of carbonyl (C=O) groups excluding carboxylic acids is 1. The van der Waals surface area contributed by atoms with Gasteiger partial charge in [0.15, 0.2) is 0 Å². The monoisotopic (exact) mass is 352 g/mol. The smallest absolute Gasteiger partial charge is 0.271 e. The summed E-state index contributed by atoms with van der Waals surface area (Å²) in [5.41, 5.74) is 4.92. The van der Waals surface area contributed by atoms with Gasteiger partial charge in [0, 0.05) is 17.5 Å². The Morgan fingerprint density at radius 1 is 1.16 bits per heavy atom. The van der Waals surface area contributed by atoms with Crippen molar-refractivity contribution in [2.45, 2.75) is 20.4 Å². The van der Waals surface area contributed by atoms with E-state index < -0.39 is 0 Å². The van der Waals surface area contributed by atoms with Gasteiger partial charge in [-0.1, -0.05) is 35.9 Å². The second kappa shape index (κ2) is 7.49. The molecule has 5 heteroatoms. The van der Waals surface area contributed by atoms with Crippen molar-refractivity contribution < 1.29 is 9.53 Å². The summed E-state index contributed by atoms with van der Waals surface area (Å²) >= 11 is 1.49. The molecule has 3 aromatic rings. The van der Waals surface area contributed by atoms with Crippen LogP contribution in [0.25, 0.3) is 10.6 Å². The Labute approximate surface area is 151 Å². The molecule has 4 nitrogen and oxygen atoms in total. The average molecular weight is 352 g/mol. The largest absolute Gasteiger partial charge is 0.497 e. The van der Waals surface area contributed by atoms with E-state index in [1.807, 2.05) is 24.3 Å². The second-order valence-electron chi connectivity index (χ2n) is 5.89. The number of methoxy groups -OCH3 is 1. The maximum Gasteiger partial charge on any atom is 0.271 e. The lowest BCUT2D eigenvalue weighted by Crippen LogP contribution is -2.23. The molecule has 1 aromatic heterocycles. The molecule has 1 amide bonds. The molecule has 0 radical (unpaired) electrons. The summed E-state index contributed by atoms with van der Waals surface area (Å²) in [6, 6.07) is 13.9. The summed E-state index contributed by atoms with van der Waals surface area (Å²) in [5, 5.41) is 5.58. The van der Waals surface area contributed by atoms with Crippen molar-refractivity contribution in [3.05, 3.63) is 70.2 Å². The summed E-state index contributed by atoms with van der Waals surface area (Å²) in [6.45, 7) is 4.59. The number of thiazole rings is 1. The van der Waals surface area contributed by atoms with Gasteiger partial charge in [-0.05, 0) is 37.1 Å². The van der Waals surface area contributed by atoms with Gasteiger partial charge in [-0.3, -0.25) is 4.79 Å². The van der Waals surface area contributed by atoms with Crippen LogP contribution >= 0.6 is 11.3 Å². The molecule has 1 N–H and O–H groups in total. The zero-order valence-electron chi connectivity index (χ0n) is 14.5. The lowest BCUT2D eigenvalue weighted by molar-refractivity contribution is 0.0946. The van der Waals surface area contributed by atoms with E-state index in [-0.39, 0.29) is 5.91 Å². The van der Waals surface area contributed by atoms with E-state index in [0.717, 1.165) is 21.9 Å². The average Bonchev–Trinajstić information content (AvgIpc) is 3.10. The lowest BCUT2D eigenvalue weighted by atomic mass is 10.1. The third-order valence-corrected chi connectivity index (χ3v) is 4.84. The summed E-state index contributed by atoms with van der Waals surface area (Å²) in [7, 11) is 1.63. The SMILES string of the molecule is COc1ccc(CNC(=O)c2csc(-c3ccc(C)cc3C)n2)cc1. The summed E-state index contributed by atoms with van der Waals surface area (Å²) in [5.74, 6) is 0.635. The minimum Gasteiger partial charge on any atom is -0.497 e. The quantitative estimate of drug-likeness (QED) is 0.742. The van der Waals surface area contributed by atoms with Crippen LogP contribution in [-0.4, -0.2) is 18.0 Å². The van der Waals surface area contributed by atoms with Crippen LogP contribution in [0.1, 0.15) is 27.2 Å². The molecule has 0 atom stereocenters. The maximum atomic E-state index is 12.3. The predicted molar refractivity (Wildman–Crippen MR) is 101 cm³/mol. The number of aryl methyl sites for hydroxylation is 2. The second-order valence-corrected chi connectivity index (χ2v) is 6.75. The molecular weight excluding hydrogens is 332 g/mol. The molecule has 2 aromatic carbocycles. The zero-order chi connectivity index (χ0) is 17.8. The fourth-order valence-electron chi connectivity index (χ4n) is 2.57. The van der Waals surface area contributed by atoms with E-state index in [4.69, 9.17) is 4.74 Å². The molecule has 1 heterocycles. The molecule has 0 fully saturated rings. The summed E-state index contributed by atoms with van der Waals surface area (Å²) in [4.78, 5) is 16.8. The normalized spacial score (nSPS) is 10.5. The Hall–Kier alpha value is -2.66. The zero-order valence-corrected chi connectivity index (χ0v) is 15.3. The van der Waals surface area contributed by atoms with Crippen molar-refractivity contribution >= 4 is 17.2 Å². The highest BCUT2D eigenvalue weighted by atomic mass is 32.1. The standard InChI is InChI=1S/C20H20N2O2S/c1-13-4-9-17(14(2)10-13)20-22-18(12-25-20)19(23)21-11-15-5-7-16(24-3)8-6-15/h4-10,12H,11H2,1-3H3,(H,21,23). The number of benzene rings is 2. The number of aromatic nitrogens is 1. The predicted octanol–water partition coefficient (Wildman–Crippen LogP) is 4.37. The molecular formula is C20H20N2O2S. The number of nitrogens with zero attached hydrogens (tertiary/aromatic N) is 1. The van der Waals surface area contributed by atoms with E-state index in [1.54, 1.807) is 12.5 Å². The van der Waals surface area contributed by atoms with Crippen LogP contribution in [0.5, 0.6) is 5.75 Å². The van der Waals surface area contributed by atoms with Gasteiger partial charge in [-0.15, -0.1) is 11.3 Å². The highest BCUT2D eigenvalue weighted by Gasteiger charge is 2.13. The van der Waals surface area contributed by atoms with Gasteiger partial charge in [0.05, 0.1) is 7.11 Å². The third kappa shape index (κ3) is 4.06. The molecule has 0 saturated carbocycles. The number of ether oxygens (including phenoxy) is 1. The first-order chi connectivity index (χ1) is 12.1. The van der Waals surface area contributed by atoms with Gasteiger partial charge in [-0.25, -0.2) is 4.98 Å². The van der Waals surface area contributed by atoms with Gasteiger partial charge in [-0.2, -0.15) is 0 Å². The Bertz CT molecular complexity index is 885. The molecule has 0 bridgehead atoms. The lowest BCUT2D eigenvalue weighted by Gasteiger charge is -2.05. The highest BCUT2D eigenvalue weighted by molar-refractivity contribution is 7.13. The number of nitrogens with one attached hydrogen (secondary N) is 1. The molecule has 0 saturated heterocycles. The van der Waals surface area contributed by atoms with Crippen molar-refractivity contribution in [1.29, 1.82) is 0 Å². The van der Waals surface area contributed by atoms with E-state index in [1.165, 1.54) is 22.5 Å². The number of rotatable bonds is 5. The first kappa shape index (κ1) is 17.2. The molecule has 128 valence electrons.